The van der Waals surface area contributed by atoms with Crippen molar-refractivity contribution in [3.05, 3.63) is 51.7 Å². The van der Waals surface area contributed by atoms with Crippen molar-refractivity contribution in [3.8, 4) is 0 Å². The van der Waals surface area contributed by atoms with Crippen LogP contribution in [0.4, 0.5) is 5.69 Å². The Morgan fingerprint density at radius 3 is 2.83 bits per heavy atom. The first-order valence-corrected chi connectivity index (χ1v) is 8.72. The molecule has 24 heavy (non-hydrogen) atoms. The minimum atomic E-state index is -1.09. The monoisotopic (exact) mass is 344 g/mol. The molecule has 2 heterocycles. The molecular weight excluding hydrogens is 324 g/mol. The lowest BCUT2D eigenvalue weighted by atomic mass is 10.0. The number of amides is 2. The molecule has 0 radical (unpaired) electrons. The van der Waals surface area contributed by atoms with Gasteiger partial charge >= 0.3 is 0 Å². The lowest BCUT2D eigenvalue weighted by Crippen LogP contribution is -2.38. The number of benzene rings is 1. The number of aliphatic hydroxyl groups is 1. The van der Waals surface area contributed by atoms with E-state index in [4.69, 9.17) is 0 Å². The molecule has 2 amide bonds. The molecule has 2 N–H and O–H groups in total. The SMILES string of the molecule is CC(=O)N1CCc2cc(C(=O)NCC(C)(O)c3cccs3)ccc21. The van der Waals surface area contributed by atoms with Crippen molar-refractivity contribution in [1.82, 2.24) is 5.32 Å². The summed E-state index contributed by atoms with van der Waals surface area (Å²) in [6.07, 6.45) is 0.753. The maximum Gasteiger partial charge on any atom is 0.251 e. The van der Waals surface area contributed by atoms with Crippen LogP contribution in [0.1, 0.15) is 34.6 Å². The molecule has 6 heteroatoms. The van der Waals surface area contributed by atoms with Gasteiger partial charge in [0.25, 0.3) is 5.91 Å². The van der Waals surface area contributed by atoms with Crippen molar-refractivity contribution in [1.29, 1.82) is 0 Å². The normalized spacial score (nSPS) is 15.7. The molecule has 1 aliphatic heterocycles. The topological polar surface area (TPSA) is 69.6 Å². The van der Waals surface area contributed by atoms with E-state index in [9.17, 15) is 14.7 Å². The number of anilines is 1. The van der Waals surface area contributed by atoms with Gasteiger partial charge in [-0.2, -0.15) is 0 Å². The molecule has 0 spiro atoms. The second kappa shape index (κ2) is 6.37. The van der Waals surface area contributed by atoms with E-state index >= 15 is 0 Å². The molecular formula is C18H20N2O3S. The Kier molecular flexibility index (Phi) is 4.43. The number of nitrogens with one attached hydrogen (secondary N) is 1. The third-order valence-electron chi connectivity index (χ3n) is 4.26. The molecule has 5 nitrogen and oxygen atoms in total. The first kappa shape index (κ1) is 16.7. The Balaban J connectivity index is 1.69. The Morgan fingerprint density at radius 2 is 2.17 bits per heavy atom. The standard InChI is InChI=1S/C18H20N2O3S/c1-12(21)20-8-7-13-10-14(5-6-15(13)20)17(22)19-11-18(2,23)16-4-3-9-24-16/h3-6,9-10,23H,7-8,11H2,1-2H3,(H,19,22). The fraction of sp³-hybridized carbons (Fsp3) is 0.333. The highest BCUT2D eigenvalue weighted by molar-refractivity contribution is 7.10. The molecule has 0 aliphatic carbocycles. The van der Waals surface area contributed by atoms with Gasteiger partial charge in [-0.1, -0.05) is 6.07 Å². The summed E-state index contributed by atoms with van der Waals surface area (Å²) in [5, 5.41) is 15.2. The van der Waals surface area contributed by atoms with Crippen molar-refractivity contribution >= 4 is 28.8 Å². The zero-order valence-electron chi connectivity index (χ0n) is 13.7. The Hall–Kier alpha value is -2.18. The molecule has 2 aromatic rings. The summed E-state index contributed by atoms with van der Waals surface area (Å²) in [6, 6.07) is 9.08. The van der Waals surface area contributed by atoms with Gasteiger partial charge in [-0.15, -0.1) is 11.3 Å². The van der Waals surface area contributed by atoms with Crippen LogP contribution in [0.2, 0.25) is 0 Å². The van der Waals surface area contributed by atoms with Gasteiger partial charge in [0.2, 0.25) is 5.91 Å². The summed E-state index contributed by atoms with van der Waals surface area (Å²) in [7, 11) is 0. The van der Waals surface area contributed by atoms with Crippen molar-refractivity contribution in [3.63, 3.8) is 0 Å². The molecule has 0 fully saturated rings. The number of fused-ring (bicyclic) bond motifs is 1. The number of rotatable bonds is 4. The van der Waals surface area contributed by atoms with E-state index in [1.165, 1.54) is 11.3 Å². The highest BCUT2D eigenvalue weighted by Crippen LogP contribution is 2.29. The van der Waals surface area contributed by atoms with E-state index in [1.54, 1.807) is 24.8 Å². The second-order valence-corrected chi connectivity index (χ2v) is 7.15. The average Bonchev–Trinajstić information content (AvgIpc) is 3.21. The van der Waals surface area contributed by atoms with Gasteiger partial charge in [-0.05, 0) is 48.6 Å². The smallest absolute Gasteiger partial charge is 0.251 e. The Bertz CT molecular complexity index is 769. The molecule has 1 aliphatic rings. The van der Waals surface area contributed by atoms with Crippen LogP contribution >= 0.6 is 11.3 Å². The largest absolute Gasteiger partial charge is 0.383 e. The number of hydrogen-bond donors (Lipinski definition) is 2. The number of hydrogen-bond acceptors (Lipinski definition) is 4. The van der Waals surface area contributed by atoms with Gasteiger partial charge in [0.15, 0.2) is 0 Å². The van der Waals surface area contributed by atoms with Crippen LogP contribution in [-0.2, 0) is 16.8 Å². The van der Waals surface area contributed by atoms with E-state index in [1.807, 2.05) is 29.6 Å². The maximum atomic E-state index is 12.4. The van der Waals surface area contributed by atoms with Crippen LogP contribution in [0.5, 0.6) is 0 Å². The van der Waals surface area contributed by atoms with Crippen LogP contribution < -0.4 is 10.2 Å². The summed E-state index contributed by atoms with van der Waals surface area (Å²) < 4.78 is 0. The predicted octanol–water partition coefficient (Wildman–Crippen LogP) is 2.29. The first-order chi connectivity index (χ1) is 11.4. The highest BCUT2D eigenvalue weighted by atomic mass is 32.1. The first-order valence-electron chi connectivity index (χ1n) is 7.84. The van der Waals surface area contributed by atoms with E-state index < -0.39 is 5.60 Å². The Morgan fingerprint density at radius 1 is 1.38 bits per heavy atom. The number of carbonyl (C=O) groups excluding carboxylic acids is 2. The zero-order chi connectivity index (χ0) is 17.3. The van der Waals surface area contributed by atoms with Crippen LogP contribution in [0.25, 0.3) is 0 Å². The van der Waals surface area contributed by atoms with Gasteiger partial charge in [-0.3, -0.25) is 9.59 Å². The number of thiophene rings is 1. The zero-order valence-corrected chi connectivity index (χ0v) is 14.5. The Labute approximate surface area is 144 Å². The van der Waals surface area contributed by atoms with Gasteiger partial charge in [0, 0.05) is 29.6 Å². The summed E-state index contributed by atoms with van der Waals surface area (Å²) in [5.74, 6) is -0.214. The second-order valence-electron chi connectivity index (χ2n) is 6.20. The van der Waals surface area contributed by atoms with E-state index in [-0.39, 0.29) is 18.4 Å². The third-order valence-corrected chi connectivity index (χ3v) is 5.39. The lowest BCUT2D eigenvalue weighted by molar-refractivity contribution is -0.116. The lowest BCUT2D eigenvalue weighted by Gasteiger charge is -2.22. The fourth-order valence-electron chi connectivity index (χ4n) is 2.90. The minimum Gasteiger partial charge on any atom is -0.383 e. The molecule has 126 valence electrons. The molecule has 0 saturated carbocycles. The fourth-order valence-corrected chi connectivity index (χ4v) is 3.68. The minimum absolute atomic E-state index is 0.0120. The number of carbonyl (C=O) groups is 2. The molecule has 3 rings (SSSR count). The van der Waals surface area contributed by atoms with Crippen LogP contribution in [0.3, 0.4) is 0 Å². The maximum absolute atomic E-state index is 12.4. The molecule has 1 aromatic heterocycles. The summed E-state index contributed by atoms with van der Waals surface area (Å²) in [6.45, 7) is 4.03. The number of nitrogens with zero attached hydrogens (tertiary/aromatic N) is 1. The summed E-state index contributed by atoms with van der Waals surface area (Å²) in [4.78, 5) is 26.5. The summed E-state index contributed by atoms with van der Waals surface area (Å²) in [5.41, 5.74) is 1.33. The molecule has 1 atom stereocenters. The van der Waals surface area contributed by atoms with Gasteiger partial charge in [0.1, 0.15) is 5.60 Å². The quantitative estimate of drug-likeness (QED) is 0.894. The van der Waals surface area contributed by atoms with E-state index in [0.29, 0.717) is 12.1 Å². The van der Waals surface area contributed by atoms with Gasteiger partial charge in [0.05, 0.1) is 6.54 Å². The van der Waals surface area contributed by atoms with Crippen molar-refractivity contribution in [2.45, 2.75) is 25.9 Å². The van der Waals surface area contributed by atoms with Crippen LogP contribution in [0.15, 0.2) is 35.7 Å². The van der Waals surface area contributed by atoms with Crippen molar-refractivity contribution < 1.29 is 14.7 Å². The van der Waals surface area contributed by atoms with Gasteiger partial charge < -0.3 is 15.3 Å². The van der Waals surface area contributed by atoms with Crippen molar-refractivity contribution in [2.75, 3.05) is 18.0 Å². The molecule has 0 saturated heterocycles. The molecule has 1 unspecified atom stereocenters. The average molecular weight is 344 g/mol. The van der Waals surface area contributed by atoms with Crippen LogP contribution in [0, 0.1) is 0 Å². The van der Waals surface area contributed by atoms with Crippen molar-refractivity contribution in [2.24, 2.45) is 0 Å². The molecule has 1 aromatic carbocycles. The van der Waals surface area contributed by atoms with E-state index in [0.717, 1.165) is 22.5 Å². The van der Waals surface area contributed by atoms with E-state index in [2.05, 4.69) is 5.32 Å². The van der Waals surface area contributed by atoms with Crippen LogP contribution in [-0.4, -0.2) is 30.0 Å². The van der Waals surface area contributed by atoms with Gasteiger partial charge in [-0.25, -0.2) is 0 Å². The third kappa shape index (κ3) is 3.20. The molecule has 0 bridgehead atoms. The summed E-state index contributed by atoms with van der Waals surface area (Å²) >= 11 is 1.46. The predicted molar refractivity (Wildman–Crippen MR) is 94.4 cm³/mol. The highest BCUT2D eigenvalue weighted by Gasteiger charge is 2.26.